The van der Waals surface area contributed by atoms with Crippen LogP contribution in [0.4, 0.5) is 0 Å². The molecule has 1 aliphatic heterocycles. The molecule has 1 aromatic carbocycles. The minimum Gasteiger partial charge on any atom is -0.457 e. The van der Waals surface area contributed by atoms with Crippen LogP contribution < -0.4 is 0 Å². The number of benzene rings is 1. The summed E-state index contributed by atoms with van der Waals surface area (Å²) in [5.74, 6) is 2.48. The minimum absolute atomic E-state index is 0.223. The number of furan rings is 1. The Hall–Kier alpha value is -2.76. The summed E-state index contributed by atoms with van der Waals surface area (Å²) in [5, 5.41) is 11.6. The molecule has 0 spiro atoms. The summed E-state index contributed by atoms with van der Waals surface area (Å²) in [6, 6.07) is 11.9. The molecule has 0 bridgehead atoms. The summed E-state index contributed by atoms with van der Waals surface area (Å²) >= 11 is 0. The SMILES string of the molecule is O=C1CCc2cc(-c3cc(C4(O)CCN(CC5CC5)CC4)oc3-c3ccncc3)ccc21. The van der Waals surface area contributed by atoms with Crippen molar-refractivity contribution in [2.24, 2.45) is 5.92 Å². The van der Waals surface area contributed by atoms with Crippen molar-refractivity contribution in [3.63, 3.8) is 0 Å². The van der Waals surface area contributed by atoms with Crippen molar-refractivity contribution >= 4 is 5.78 Å². The number of carbonyl (C=O) groups excluding carboxylic acids is 1. The number of ketones is 1. The van der Waals surface area contributed by atoms with Gasteiger partial charge in [-0.1, -0.05) is 18.2 Å². The van der Waals surface area contributed by atoms with Gasteiger partial charge in [0.15, 0.2) is 5.78 Å². The van der Waals surface area contributed by atoms with Gasteiger partial charge in [0.05, 0.1) is 0 Å². The molecule has 5 heteroatoms. The number of carbonyl (C=O) groups is 1. The van der Waals surface area contributed by atoms with Crippen molar-refractivity contribution < 1.29 is 14.3 Å². The predicted octanol–water partition coefficient (Wildman–Crippen LogP) is 4.83. The topological polar surface area (TPSA) is 66.6 Å². The van der Waals surface area contributed by atoms with Crippen molar-refractivity contribution in [1.29, 1.82) is 0 Å². The fourth-order valence-electron chi connectivity index (χ4n) is 5.19. The first-order valence-electron chi connectivity index (χ1n) is 11.7. The largest absolute Gasteiger partial charge is 0.457 e. The number of aromatic nitrogens is 1. The minimum atomic E-state index is -0.952. The molecule has 2 aliphatic carbocycles. The first-order valence-corrected chi connectivity index (χ1v) is 11.7. The Morgan fingerprint density at radius 1 is 1.00 bits per heavy atom. The number of piperidine rings is 1. The fraction of sp³-hybridized carbons (Fsp3) is 0.407. The highest BCUT2D eigenvalue weighted by Gasteiger charge is 2.39. The molecule has 0 unspecified atom stereocenters. The molecular weight excluding hydrogens is 400 g/mol. The standard InChI is InChI=1S/C27H28N2O3/c30-24-6-4-20-15-21(3-5-22(20)24)23-16-25(32-26(23)19-7-11-28-12-8-19)27(31)9-13-29(14-10-27)17-18-1-2-18/h3,5,7-8,11-12,15-16,18,31H,1-2,4,6,9-10,13-14,17H2. The third-order valence-corrected chi connectivity index (χ3v) is 7.37. The lowest BCUT2D eigenvalue weighted by Gasteiger charge is -2.37. The quantitative estimate of drug-likeness (QED) is 0.630. The number of nitrogens with zero attached hydrogens (tertiary/aromatic N) is 2. The van der Waals surface area contributed by atoms with Gasteiger partial charge in [-0.25, -0.2) is 0 Å². The second kappa shape index (κ2) is 7.68. The number of fused-ring (bicyclic) bond motifs is 1. The van der Waals surface area contributed by atoms with Gasteiger partial charge >= 0.3 is 0 Å². The lowest BCUT2D eigenvalue weighted by atomic mass is 9.88. The smallest absolute Gasteiger partial charge is 0.163 e. The normalized spacial score (nSPS) is 20.5. The number of rotatable bonds is 5. The van der Waals surface area contributed by atoms with E-state index < -0.39 is 5.60 Å². The molecule has 1 saturated heterocycles. The molecule has 2 fully saturated rings. The van der Waals surface area contributed by atoms with E-state index in [9.17, 15) is 9.90 Å². The lowest BCUT2D eigenvalue weighted by molar-refractivity contribution is -0.0423. The van der Waals surface area contributed by atoms with Crippen LogP contribution in [0.3, 0.4) is 0 Å². The third kappa shape index (κ3) is 3.59. The summed E-state index contributed by atoms with van der Waals surface area (Å²) in [7, 11) is 0. The third-order valence-electron chi connectivity index (χ3n) is 7.37. The molecule has 1 N–H and O–H groups in total. The number of hydrogen-bond acceptors (Lipinski definition) is 5. The van der Waals surface area contributed by atoms with Gasteiger partial charge in [-0.05, 0) is 67.3 Å². The van der Waals surface area contributed by atoms with Gasteiger partial charge in [0, 0.05) is 55.1 Å². The van der Waals surface area contributed by atoms with E-state index in [1.54, 1.807) is 12.4 Å². The van der Waals surface area contributed by atoms with Crippen molar-refractivity contribution in [1.82, 2.24) is 9.88 Å². The molecule has 0 radical (unpaired) electrons. The molecule has 5 nitrogen and oxygen atoms in total. The van der Waals surface area contributed by atoms with Crippen LogP contribution in [0.25, 0.3) is 22.5 Å². The number of pyridine rings is 1. The highest BCUT2D eigenvalue weighted by atomic mass is 16.4. The van der Waals surface area contributed by atoms with Gasteiger partial charge in [-0.15, -0.1) is 0 Å². The van der Waals surface area contributed by atoms with Gasteiger partial charge in [0.25, 0.3) is 0 Å². The van der Waals surface area contributed by atoms with Crippen molar-refractivity contribution in [2.75, 3.05) is 19.6 Å². The summed E-state index contributed by atoms with van der Waals surface area (Å²) in [5.41, 5.74) is 3.91. The second-order valence-corrected chi connectivity index (χ2v) is 9.66. The Morgan fingerprint density at radius 2 is 1.78 bits per heavy atom. The van der Waals surface area contributed by atoms with Crippen LogP contribution in [0.15, 0.2) is 53.2 Å². The van der Waals surface area contributed by atoms with Crippen LogP contribution in [0.5, 0.6) is 0 Å². The summed E-state index contributed by atoms with van der Waals surface area (Å²) in [4.78, 5) is 18.7. The van der Waals surface area contributed by atoms with E-state index >= 15 is 0 Å². The summed E-state index contributed by atoms with van der Waals surface area (Å²) < 4.78 is 6.40. The van der Waals surface area contributed by atoms with E-state index in [2.05, 4.69) is 16.0 Å². The number of likely N-dealkylation sites (tertiary alicyclic amines) is 1. The average Bonchev–Trinajstić information content (AvgIpc) is 3.39. The molecule has 2 aromatic heterocycles. The Morgan fingerprint density at radius 3 is 2.53 bits per heavy atom. The fourth-order valence-corrected chi connectivity index (χ4v) is 5.19. The van der Waals surface area contributed by atoms with Crippen molar-refractivity contribution in [3.8, 4) is 22.5 Å². The maximum absolute atomic E-state index is 12.1. The van der Waals surface area contributed by atoms with Gasteiger partial charge in [-0.3, -0.25) is 9.78 Å². The Balaban J connectivity index is 1.36. The maximum atomic E-state index is 12.1. The second-order valence-electron chi connectivity index (χ2n) is 9.66. The van der Waals surface area contributed by atoms with Crippen LogP contribution in [-0.2, 0) is 12.0 Å². The van der Waals surface area contributed by atoms with Crippen molar-refractivity contribution in [2.45, 2.75) is 44.1 Å². The van der Waals surface area contributed by atoms with Crippen LogP contribution >= 0.6 is 0 Å². The number of aliphatic hydroxyl groups is 1. The van der Waals surface area contributed by atoms with Gasteiger partial charge in [0.1, 0.15) is 17.1 Å². The monoisotopic (exact) mass is 428 g/mol. The molecular formula is C27H28N2O3. The zero-order chi connectivity index (χ0) is 21.7. The molecule has 1 saturated carbocycles. The number of aryl methyl sites for hydroxylation is 1. The Bertz CT molecular complexity index is 1150. The molecule has 6 rings (SSSR count). The number of hydrogen-bond donors (Lipinski definition) is 1. The average molecular weight is 429 g/mol. The molecule has 3 heterocycles. The first-order chi connectivity index (χ1) is 15.6. The van der Waals surface area contributed by atoms with E-state index in [4.69, 9.17) is 4.42 Å². The van der Waals surface area contributed by atoms with Gasteiger partial charge in [0.2, 0.25) is 0 Å². The Labute approximate surface area is 188 Å². The van der Waals surface area contributed by atoms with Crippen LogP contribution in [0.2, 0.25) is 0 Å². The van der Waals surface area contributed by atoms with Crippen molar-refractivity contribution in [3.05, 3.63) is 65.7 Å². The van der Waals surface area contributed by atoms with E-state index in [1.165, 1.54) is 12.8 Å². The zero-order valence-corrected chi connectivity index (χ0v) is 18.2. The molecule has 164 valence electrons. The molecule has 3 aliphatic rings. The van der Waals surface area contributed by atoms with Crippen LogP contribution in [0, 0.1) is 5.92 Å². The van der Waals surface area contributed by atoms with Crippen LogP contribution in [-0.4, -0.2) is 40.4 Å². The lowest BCUT2D eigenvalue weighted by Crippen LogP contribution is -2.43. The highest BCUT2D eigenvalue weighted by molar-refractivity contribution is 6.01. The predicted molar refractivity (Wildman–Crippen MR) is 122 cm³/mol. The summed E-state index contributed by atoms with van der Waals surface area (Å²) in [6.07, 6.45) is 8.96. The van der Waals surface area contributed by atoms with Gasteiger partial charge in [-0.2, -0.15) is 0 Å². The highest BCUT2D eigenvalue weighted by Crippen LogP contribution is 2.43. The van der Waals surface area contributed by atoms with Crippen LogP contribution in [0.1, 0.15) is 53.8 Å². The molecule has 0 atom stereocenters. The summed E-state index contributed by atoms with van der Waals surface area (Å²) in [6.45, 7) is 2.96. The van der Waals surface area contributed by atoms with E-state index in [0.717, 1.165) is 65.6 Å². The van der Waals surface area contributed by atoms with Gasteiger partial charge < -0.3 is 14.4 Å². The first kappa shape index (κ1) is 19.9. The van der Waals surface area contributed by atoms with E-state index in [1.807, 2.05) is 30.3 Å². The molecule has 0 amide bonds. The zero-order valence-electron chi connectivity index (χ0n) is 18.2. The number of Topliss-reactive ketones (excluding diaryl/α,β-unsaturated/α-hetero) is 1. The molecule has 32 heavy (non-hydrogen) atoms. The Kier molecular flexibility index (Phi) is 4.77. The van der Waals surface area contributed by atoms with E-state index in [-0.39, 0.29) is 5.78 Å². The maximum Gasteiger partial charge on any atom is 0.163 e. The molecule has 3 aromatic rings. The van der Waals surface area contributed by atoms with E-state index in [0.29, 0.717) is 25.0 Å².